The third-order valence-electron chi connectivity index (χ3n) is 8.05. The van der Waals surface area contributed by atoms with Crippen LogP contribution in [0.25, 0.3) is 0 Å². The minimum Gasteiger partial charge on any atom is -0.396 e. The van der Waals surface area contributed by atoms with E-state index in [0.29, 0.717) is 42.5 Å². The zero-order chi connectivity index (χ0) is 19.9. The highest BCUT2D eigenvalue weighted by Crippen LogP contribution is 2.50. The summed E-state index contributed by atoms with van der Waals surface area (Å²) in [5.41, 5.74) is 0. The molecule has 4 nitrogen and oxygen atoms in total. The summed E-state index contributed by atoms with van der Waals surface area (Å²) in [5.74, 6) is 4.98. The zero-order valence-corrected chi connectivity index (χ0v) is 17.5. The first-order chi connectivity index (χ1) is 13.7. The van der Waals surface area contributed by atoms with E-state index >= 15 is 0 Å². The van der Waals surface area contributed by atoms with Gasteiger partial charge in [-0.25, -0.2) is 0 Å². The molecule has 0 aliphatic heterocycles. The lowest BCUT2D eigenvalue weighted by molar-refractivity contribution is -0.134. The van der Waals surface area contributed by atoms with Crippen molar-refractivity contribution in [3.8, 4) is 0 Å². The van der Waals surface area contributed by atoms with Gasteiger partial charge in [-0.3, -0.25) is 9.59 Å². The molecule has 0 radical (unpaired) electrons. The Morgan fingerprint density at radius 2 is 1.32 bits per heavy atom. The second-order valence-electron chi connectivity index (χ2n) is 9.72. The number of hydrogen-bond donors (Lipinski definition) is 2. The molecule has 4 saturated carbocycles. The number of fused-ring (bicyclic) bond motifs is 2. The minimum absolute atomic E-state index is 0.315. The molecule has 2 N–H and O–H groups in total. The normalized spacial score (nSPS) is 35.5. The van der Waals surface area contributed by atoms with Gasteiger partial charge in [-0.15, -0.1) is 0 Å². The topological polar surface area (TPSA) is 74.6 Å². The van der Waals surface area contributed by atoms with Crippen molar-refractivity contribution < 1.29 is 19.8 Å². The molecule has 160 valence electrons. The maximum absolute atomic E-state index is 11.4. The molecule has 0 saturated heterocycles. The highest BCUT2D eigenvalue weighted by atomic mass is 16.3. The van der Waals surface area contributed by atoms with Gasteiger partial charge in [0, 0.05) is 37.9 Å². The monoisotopic (exact) mass is 392 g/mol. The molecule has 0 bridgehead atoms. The Kier molecular flexibility index (Phi) is 8.52. The van der Waals surface area contributed by atoms with Crippen LogP contribution >= 0.6 is 0 Å². The number of unbranched alkanes of at least 4 members (excludes halogenated alkanes) is 4. The molecule has 4 aliphatic carbocycles. The lowest BCUT2D eigenvalue weighted by Crippen LogP contribution is -2.36. The Bertz CT molecular complexity index is 517. The van der Waals surface area contributed by atoms with Gasteiger partial charge in [0.2, 0.25) is 0 Å². The van der Waals surface area contributed by atoms with Crippen molar-refractivity contribution in [1.82, 2.24) is 0 Å². The summed E-state index contributed by atoms with van der Waals surface area (Å²) in [6.45, 7) is 0.644. The largest absolute Gasteiger partial charge is 0.396 e. The van der Waals surface area contributed by atoms with Crippen LogP contribution in [-0.4, -0.2) is 35.0 Å². The van der Waals surface area contributed by atoms with E-state index in [1.807, 2.05) is 0 Å². The van der Waals surface area contributed by atoms with Crippen molar-refractivity contribution in [3.63, 3.8) is 0 Å². The number of rotatable bonds is 10. The number of ketones is 2. The van der Waals surface area contributed by atoms with E-state index < -0.39 is 0 Å². The van der Waals surface area contributed by atoms with E-state index in [2.05, 4.69) is 0 Å². The molecule has 6 unspecified atom stereocenters. The van der Waals surface area contributed by atoms with Gasteiger partial charge in [-0.1, -0.05) is 32.1 Å². The highest BCUT2D eigenvalue weighted by molar-refractivity contribution is 5.88. The molecular formula is C24H40O4. The molecule has 0 heterocycles. The molecule has 0 aromatic rings. The smallest absolute Gasteiger partial charge is 0.136 e. The average Bonchev–Trinajstić information content (AvgIpc) is 3.19. The molecule has 4 aliphatic rings. The summed E-state index contributed by atoms with van der Waals surface area (Å²) in [4.78, 5) is 22.6. The van der Waals surface area contributed by atoms with Crippen molar-refractivity contribution in [1.29, 1.82) is 0 Å². The number of Topliss-reactive ketones (excluding diaryl/α,β-unsaturated/α-hetero) is 2. The van der Waals surface area contributed by atoms with Gasteiger partial charge in [0.15, 0.2) is 0 Å². The number of aliphatic hydroxyl groups excluding tert-OH is 2. The van der Waals surface area contributed by atoms with Crippen molar-refractivity contribution in [3.05, 3.63) is 0 Å². The Labute approximate surface area is 170 Å². The zero-order valence-electron chi connectivity index (χ0n) is 17.5. The van der Waals surface area contributed by atoms with Crippen LogP contribution in [0.2, 0.25) is 0 Å². The van der Waals surface area contributed by atoms with Crippen molar-refractivity contribution in [2.45, 2.75) is 89.9 Å². The molecule has 0 spiro atoms. The van der Waals surface area contributed by atoms with E-state index in [0.717, 1.165) is 62.7 Å². The molecule has 4 heteroatoms. The summed E-state index contributed by atoms with van der Waals surface area (Å²) >= 11 is 0. The van der Waals surface area contributed by atoms with Gasteiger partial charge < -0.3 is 10.2 Å². The standard InChI is InChI=1S/2C12H20O2/c13-7-3-1-2-4-9-5-6-10-11(9)8-12(10)14;13-7-3-1-2-4-9-5-6-10-8-11(14)12(9)10/h9-11,13H,1-8H2;9-10,12-13H,1-8H2. The van der Waals surface area contributed by atoms with Crippen LogP contribution in [0.15, 0.2) is 0 Å². The fourth-order valence-electron chi connectivity index (χ4n) is 6.32. The minimum atomic E-state index is 0.315. The average molecular weight is 393 g/mol. The fraction of sp³-hybridized carbons (Fsp3) is 0.917. The predicted octanol–water partition coefficient (Wildman–Crippen LogP) is 4.31. The summed E-state index contributed by atoms with van der Waals surface area (Å²) in [6.07, 6.45) is 15.8. The van der Waals surface area contributed by atoms with Crippen molar-refractivity contribution >= 4 is 11.6 Å². The summed E-state index contributed by atoms with van der Waals surface area (Å²) < 4.78 is 0. The molecule has 6 atom stereocenters. The lowest BCUT2D eigenvalue weighted by Gasteiger charge is -2.32. The number of carbonyl (C=O) groups excluding carboxylic acids is 2. The predicted molar refractivity (Wildman–Crippen MR) is 110 cm³/mol. The number of aliphatic hydroxyl groups is 2. The van der Waals surface area contributed by atoms with Crippen molar-refractivity contribution in [2.24, 2.45) is 35.5 Å². The molecule has 4 fully saturated rings. The Morgan fingerprint density at radius 3 is 1.89 bits per heavy atom. The van der Waals surface area contributed by atoms with Gasteiger partial charge in [0.05, 0.1) is 0 Å². The van der Waals surface area contributed by atoms with Crippen LogP contribution in [0.3, 0.4) is 0 Å². The van der Waals surface area contributed by atoms with Crippen LogP contribution in [0.4, 0.5) is 0 Å². The van der Waals surface area contributed by atoms with E-state index in [-0.39, 0.29) is 0 Å². The molecular weight excluding hydrogens is 352 g/mol. The molecule has 0 amide bonds. The summed E-state index contributed by atoms with van der Waals surface area (Å²) in [7, 11) is 0. The third kappa shape index (κ3) is 5.24. The first-order valence-electron chi connectivity index (χ1n) is 11.9. The second kappa shape index (κ2) is 10.9. The van der Waals surface area contributed by atoms with Gasteiger partial charge in [-0.05, 0) is 68.6 Å². The van der Waals surface area contributed by atoms with E-state index in [4.69, 9.17) is 10.2 Å². The van der Waals surface area contributed by atoms with Crippen LogP contribution in [-0.2, 0) is 9.59 Å². The molecule has 0 aromatic heterocycles. The first kappa shape index (κ1) is 22.0. The fourth-order valence-corrected chi connectivity index (χ4v) is 6.32. The summed E-state index contributed by atoms with van der Waals surface area (Å²) in [5, 5.41) is 17.3. The van der Waals surface area contributed by atoms with Gasteiger partial charge in [0.25, 0.3) is 0 Å². The lowest BCUT2D eigenvalue weighted by atomic mass is 9.70. The van der Waals surface area contributed by atoms with Crippen LogP contribution in [0, 0.1) is 35.5 Å². The van der Waals surface area contributed by atoms with Gasteiger partial charge >= 0.3 is 0 Å². The third-order valence-corrected chi connectivity index (χ3v) is 8.05. The van der Waals surface area contributed by atoms with Crippen LogP contribution in [0.1, 0.15) is 89.9 Å². The highest BCUT2D eigenvalue weighted by Gasteiger charge is 2.48. The Morgan fingerprint density at radius 1 is 0.679 bits per heavy atom. The maximum Gasteiger partial charge on any atom is 0.136 e. The number of hydrogen-bond acceptors (Lipinski definition) is 4. The number of carbonyl (C=O) groups is 2. The molecule has 0 aromatic carbocycles. The second-order valence-corrected chi connectivity index (χ2v) is 9.72. The van der Waals surface area contributed by atoms with E-state index in [1.165, 1.54) is 44.9 Å². The van der Waals surface area contributed by atoms with E-state index in [1.54, 1.807) is 0 Å². The van der Waals surface area contributed by atoms with E-state index in [9.17, 15) is 9.59 Å². The maximum atomic E-state index is 11.4. The van der Waals surface area contributed by atoms with Crippen LogP contribution < -0.4 is 0 Å². The Hall–Kier alpha value is -0.740. The summed E-state index contributed by atoms with van der Waals surface area (Å²) in [6, 6.07) is 0. The first-order valence-corrected chi connectivity index (χ1v) is 11.9. The molecule has 4 rings (SSSR count). The van der Waals surface area contributed by atoms with Crippen molar-refractivity contribution in [2.75, 3.05) is 13.2 Å². The van der Waals surface area contributed by atoms with Gasteiger partial charge in [-0.2, -0.15) is 0 Å². The Balaban J connectivity index is 0.000000161. The van der Waals surface area contributed by atoms with Gasteiger partial charge in [0.1, 0.15) is 11.6 Å². The SMILES string of the molecule is O=C1CC2C(CCCCCO)CCC12.O=C1CC2CCC(CCCCCO)C12. The van der Waals surface area contributed by atoms with Crippen LogP contribution in [0.5, 0.6) is 0 Å². The molecule has 28 heavy (non-hydrogen) atoms. The quantitative estimate of drug-likeness (QED) is 0.543.